The van der Waals surface area contributed by atoms with Gasteiger partial charge in [-0.1, -0.05) is 0 Å². The molecule has 1 aromatic heterocycles. The molecule has 0 aliphatic carbocycles. The van der Waals surface area contributed by atoms with Crippen LogP contribution in [0.1, 0.15) is 16.9 Å². The Hall–Kier alpha value is -1.07. The molecular formula is C11H16N2O2S. The second-order valence-electron chi connectivity index (χ2n) is 3.91. The lowest BCUT2D eigenvalue weighted by atomic mass is 10.3. The van der Waals surface area contributed by atoms with Crippen LogP contribution in [0.5, 0.6) is 0 Å². The van der Waals surface area contributed by atoms with Crippen molar-refractivity contribution in [1.29, 1.82) is 0 Å². The van der Waals surface area contributed by atoms with Gasteiger partial charge in [-0.3, -0.25) is 0 Å². The molecule has 0 spiro atoms. The molecule has 0 saturated carbocycles. The van der Waals surface area contributed by atoms with E-state index < -0.39 is 0 Å². The zero-order chi connectivity index (χ0) is 11.4. The Morgan fingerprint density at radius 2 is 2.56 bits per heavy atom. The van der Waals surface area contributed by atoms with Gasteiger partial charge in [-0.15, -0.1) is 11.3 Å². The minimum absolute atomic E-state index is 0.108. The lowest BCUT2D eigenvalue weighted by molar-refractivity contribution is 0.188. The third-order valence-corrected chi connectivity index (χ3v) is 3.67. The number of aryl methyl sites for hydroxylation is 1. The van der Waals surface area contributed by atoms with Crippen LogP contribution in [0.25, 0.3) is 0 Å². The van der Waals surface area contributed by atoms with Crippen molar-refractivity contribution in [3.63, 3.8) is 0 Å². The molecule has 4 nitrogen and oxygen atoms in total. The topological polar surface area (TPSA) is 50.4 Å². The maximum absolute atomic E-state index is 11.5. The molecule has 1 aliphatic rings. The Bertz CT molecular complexity index is 359. The molecule has 1 aliphatic heterocycles. The Morgan fingerprint density at radius 1 is 1.69 bits per heavy atom. The molecule has 1 unspecified atom stereocenters. The van der Waals surface area contributed by atoms with E-state index in [9.17, 15) is 4.79 Å². The summed E-state index contributed by atoms with van der Waals surface area (Å²) in [6.07, 6.45) is 0.908. The molecule has 2 amide bonds. The van der Waals surface area contributed by atoms with Gasteiger partial charge in [-0.25, -0.2) is 4.79 Å². The first-order valence-electron chi connectivity index (χ1n) is 5.41. The summed E-state index contributed by atoms with van der Waals surface area (Å²) < 4.78 is 5.19. The van der Waals surface area contributed by atoms with Crippen LogP contribution in [-0.4, -0.2) is 25.3 Å². The zero-order valence-corrected chi connectivity index (χ0v) is 10.1. The van der Waals surface area contributed by atoms with Gasteiger partial charge >= 0.3 is 6.03 Å². The summed E-state index contributed by atoms with van der Waals surface area (Å²) in [5, 5.41) is 7.78. The quantitative estimate of drug-likeness (QED) is 0.844. The number of carbonyl (C=O) groups excluding carboxylic acids is 1. The average molecular weight is 240 g/mol. The molecule has 16 heavy (non-hydrogen) atoms. The van der Waals surface area contributed by atoms with Gasteiger partial charge in [-0.2, -0.15) is 0 Å². The minimum Gasteiger partial charge on any atom is -0.379 e. The van der Waals surface area contributed by atoms with Gasteiger partial charge < -0.3 is 15.4 Å². The molecule has 2 rings (SSSR count). The van der Waals surface area contributed by atoms with Crippen LogP contribution >= 0.6 is 11.3 Å². The normalized spacial score (nSPS) is 19.7. The van der Waals surface area contributed by atoms with Crippen LogP contribution in [0.4, 0.5) is 4.79 Å². The fourth-order valence-corrected chi connectivity index (χ4v) is 2.48. The van der Waals surface area contributed by atoms with E-state index in [-0.39, 0.29) is 12.1 Å². The van der Waals surface area contributed by atoms with Gasteiger partial charge in [0.15, 0.2) is 0 Å². The largest absolute Gasteiger partial charge is 0.379 e. The number of hydrogen-bond donors (Lipinski definition) is 2. The monoisotopic (exact) mass is 240 g/mol. The van der Waals surface area contributed by atoms with E-state index >= 15 is 0 Å². The number of carbonyl (C=O) groups is 1. The number of rotatable bonds is 3. The summed E-state index contributed by atoms with van der Waals surface area (Å²) in [5.41, 5.74) is 1.23. The Balaban J connectivity index is 1.73. The lowest BCUT2D eigenvalue weighted by Crippen LogP contribution is -2.41. The third-order valence-electron chi connectivity index (χ3n) is 2.64. The van der Waals surface area contributed by atoms with Gasteiger partial charge in [-0.05, 0) is 30.4 Å². The second kappa shape index (κ2) is 5.32. The molecule has 0 radical (unpaired) electrons. The highest BCUT2D eigenvalue weighted by molar-refractivity contribution is 7.10. The van der Waals surface area contributed by atoms with Crippen LogP contribution in [0, 0.1) is 6.92 Å². The molecule has 0 bridgehead atoms. The van der Waals surface area contributed by atoms with E-state index in [4.69, 9.17) is 4.74 Å². The van der Waals surface area contributed by atoms with Crippen molar-refractivity contribution in [3.8, 4) is 0 Å². The summed E-state index contributed by atoms with van der Waals surface area (Å²) >= 11 is 1.67. The average Bonchev–Trinajstić information content (AvgIpc) is 2.87. The van der Waals surface area contributed by atoms with E-state index in [1.807, 2.05) is 5.38 Å². The van der Waals surface area contributed by atoms with Crippen molar-refractivity contribution in [2.45, 2.75) is 25.9 Å². The van der Waals surface area contributed by atoms with E-state index in [1.165, 1.54) is 10.4 Å². The van der Waals surface area contributed by atoms with Crippen LogP contribution in [0.3, 0.4) is 0 Å². The molecule has 1 aromatic rings. The number of nitrogens with one attached hydrogen (secondary N) is 2. The first-order valence-corrected chi connectivity index (χ1v) is 6.29. The van der Waals surface area contributed by atoms with Crippen LogP contribution in [0.15, 0.2) is 11.4 Å². The molecule has 1 saturated heterocycles. The first-order chi connectivity index (χ1) is 7.75. The number of ether oxygens (including phenoxy) is 1. The van der Waals surface area contributed by atoms with Crippen molar-refractivity contribution in [1.82, 2.24) is 10.6 Å². The number of amides is 2. The van der Waals surface area contributed by atoms with E-state index in [0.29, 0.717) is 13.2 Å². The molecule has 2 heterocycles. The standard InChI is InChI=1S/C11H16N2O2S/c1-8-3-5-16-10(8)6-12-11(14)13-9-2-4-15-7-9/h3,5,9H,2,4,6-7H2,1H3,(H2,12,13,14). The van der Waals surface area contributed by atoms with E-state index in [1.54, 1.807) is 11.3 Å². The predicted molar refractivity (Wildman–Crippen MR) is 63.7 cm³/mol. The Morgan fingerprint density at radius 3 is 3.19 bits per heavy atom. The van der Waals surface area contributed by atoms with E-state index in [0.717, 1.165) is 13.0 Å². The molecule has 0 aromatic carbocycles. The van der Waals surface area contributed by atoms with Gasteiger partial charge in [0, 0.05) is 11.5 Å². The zero-order valence-electron chi connectivity index (χ0n) is 9.29. The van der Waals surface area contributed by atoms with Crippen LogP contribution in [-0.2, 0) is 11.3 Å². The van der Waals surface area contributed by atoms with Crippen molar-refractivity contribution < 1.29 is 9.53 Å². The van der Waals surface area contributed by atoms with Crippen molar-refractivity contribution >= 4 is 17.4 Å². The lowest BCUT2D eigenvalue weighted by Gasteiger charge is -2.11. The smallest absolute Gasteiger partial charge is 0.315 e. The van der Waals surface area contributed by atoms with Crippen molar-refractivity contribution in [2.75, 3.05) is 13.2 Å². The SMILES string of the molecule is Cc1ccsc1CNC(=O)NC1CCOC1. The van der Waals surface area contributed by atoms with Crippen LogP contribution in [0.2, 0.25) is 0 Å². The summed E-state index contributed by atoms with van der Waals surface area (Å²) in [4.78, 5) is 12.7. The molecular weight excluding hydrogens is 224 g/mol. The molecule has 5 heteroatoms. The number of hydrogen-bond acceptors (Lipinski definition) is 3. The van der Waals surface area contributed by atoms with E-state index in [2.05, 4.69) is 23.6 Å². The van der Waals surface area contributed by atoms with Gasteiger partial charge in [0.25, 0.3) is 0 Å². The highest BCUT2D eigenvalue weighted by atomic mass is 32.1. The first kappa shape index (κ1) is 11.4. The number of thiophene rings is 1. The Labute approximate surface area is 99.0 Å². The highest BCUT2D eigenvalue weighted by Gasteiger charge is 2.17. The predicted octanol–water partition coefficient (Wildman–Crippen LogP) is 1.64. The maximum Gasteiger partial charge on any atom is 0.315 e. The fraction of sp³-hybridized carbons (Fsp3) is 0.545. The summed E-state index contributed by atoms with van der Waals surface area (Å²) in [6, 6.07) is 2.12. The van der Waals surface area contributed by atoms with Crippen molar-refractivity contribution in [3.05, 3.63) is 21.9 Å². The summed E-state index contributed by atoms with van der Waals surface area (Å²) in [5.74, 6) is 0. The molecule has 88 valence electrons. The molecule has 2 N–H and O–H groups in total. The summed E-state index contributed by atoms with van der Waals surface area (Å²) in [7, 11) is 0. The van der Waals surface area contributed by atoms with Gasteiger partial charge in [0.05, 0.1) is 19.2 Å². The van der Waals surface area contributed by atoms with Crippen LogP contribution < -0.4 is 10.6 Å². The maximum atomic E-state index is 11.5. The van der Waals surface area contributed by atoms with Gasteiger partial charge in [0.2, 0.25) is 0 Å². The number of urea groups is 1. The molecule has 1 fully saturated rings. The second-order valence-corrected chi connectivity index (χ2v) is 4.91. The highest BCUT2D eigenvalue weighted by Crippen LogP contribution is 2.14. The molecule has 1 atom stereocenters. The Kier molecular flexibility index (Phi) is 3.79. The van der Waals surface area contributed by atoms with Crippen molar-refractivity contribution in [2.24, 2.45) is 0 Å². The fourth-order valence-electron chi connectivity index (χ4n) is 1.63. The van der Waals surface area contributed by atoms with Gasteiger partial charge in [0.1, 0.15) is 0 Å². The summed E-state index contributed by atoms with van der Waals surface area (Å²) in [6.45, 7) is 4.03. The third kappa shape index (κ3) is 2.96. The minimum atomic E-state index is -0.108.